The predicted molar refractivity (Wildman–Crippen MR) is 199 cm³/mol. The summed E-state index contributed by atoms with van der Waals surface area (Å²) >= 11 is 1.62. The Morgan fingerprint density at radius 3 is 1.53 bits per heavy atom. The van der Waals surface area contributed by atoms with Crippen LogP contribution in [0.5, 0.6) is 0 Å². The molecule has 0 atom stereocenters. The van der Waals surface area contributed by atoms with Crippen LogP contribution in [0, 0.1) is 0 Å². The van der Waals surface area contributed by atoms with Crippen molar-refractivity contribution in [2.45, 2.75) is 0 Å². The molecule has 0 saturated carbocycles. The number of nitrogens with zero attached hydrogens (tertiary/aromatic N) is 6. The third kappa shape index (κ3) is 5.52. The highest BCUT2D eigenvalue weighted by molar-refractivity contribution is 7.25. The molecular weight excluding hydrogens is 621 g/mol. The minimum absolute atomic E-state index is 0.601. The van der Waals surface area contributed by atoms with Crippen molar-refractivity contribution in [1.29, 1.82) is 0 Å². The number of fused-ring (bicyclic) bond motifs is 3. The van der Waals surface area contributed by atoms with Gasteiger partial charge in [0.25, 0.3) is 0 Å². The van der Waals surface area contributed by atoms with E-state index in [1.165, 1.54) is 0 Å². The Morgan fingerprint density at radius 1 is 0.367 bits per heavy atom. The van der Waals surface area contributed by atoms with Crippen molar-refractivity contribution in [3.8, 4) is 67.9 Å². The molecular formula is C42H26N6S. The van der Waals surface area contributed by atoms with Gasteiger partial charge in [-0.25, -0.2) is 29.9 Å². The zero-order chi connectivity index (χ0) is 32.6. The van der Waals surface area contributed by atoms with Crippen molar-refractivity contribution >= 4 is 31.8 Å². The summed E-state index contributed by atoms with van der Waals surface area (Å²) in [7, 11) is 0. The van der Waals surface area contributed by atoms with Gasteiger partial charge in [0.15, 0.2) is 23.3 Å². The second kappa shape index (κ2) is 12.3. The summed E-state index contributed by atoms with van der Waals surface area (Å²) < 4.78 is 1.01. The zero-order valence-electron chi connectivity index (χ0n) is 26.1. The number of pyridine rings is 1. The normalized spacial score (nSPS) is 11.3. The lowest BCUT2D eigenvalue weighted by Crippen LogP contribution is -2.00. The van der Waals surface area contributed by atoms with Crippen LogP contribution in [0.2, 0.25) is 0 Å². The Morgan fingerprint density at radius 2 is 0.878 bits per heavy atom. The topological polar surface area (TPSA) is 77.3 Å². The van der Waals surface area contributed by atoms with Gasteiger partial charge in [0.1, 0.15) is 4.83 Å². The van der Waals surface area contributed by atoms with E-state index in [0.29, 0.717) is 23.3 Å². The summed E-state index contributed by atoms with van der Waals surface area (Å²) in [6.45, 7) is 0. The Hall–Kier alpha value is -6.44. The van der Waals surface area contributed by atoms with Gasteiger partial charge >= 0.3 is 0 Å². The molecule has 0 aliphatic heterocycles. The first-order chi connectivity index (χ1) is 24.3. The first-order valence-corrected chi connectivity index (χ1v) is 16.8. The molecule has 0 N–H and O–H groups in total. The maximum absolute atomic E-state index is 5.11. The number of thiophene rings is 1. The van der Waals surface area contributed by atoms with E-state index in [-0.39, 0.29) is 0 Å². The summed E-state index contributed by atoms with van der Waals surface area (Å²) in [6.07, 6.45) is 1.82. The average molecular weight is 647 g/mol. The fourth-order valence-electron chi connectivity index (χ4n) is 5.99. The molecule has 4 heterocycles. The van der Waals surface area contributed by atoms with Gasteiger partial charge in [-0.1, -0.05) is 133 Å². The molecule has 0 spiro atoms. The summed E-state index contributed by atoms with van der Waals surface area (Å²) in [5.41, 5.74) is 8.71. The molecule has 7 heteroatoms. The molecule has 5 aromatic carbocycles. The van der Waals surface area contributed by atoms with Crippen molar-refractivity contribution in [3.05, 3.63) is 158 Å². The molecule has 49 heavy (non-hydrogen) atoms. The van der Waals surface area contributed by atoms with E-state index in [4.69, 9.17) is 24.9 Å². The molecule has 230 valence electrons. The highest BCUT2D eigenvalue weighted by Crippen LogP contribution is 2.39. The van der Waals surface area contributed by atoms with Crippen molar-refractivity contribution in [1.82, 2.24) is 29.9 Å². The highest BCUT2D eigenvalue weighted by atomic mass is 32.1. The molecule has 6 nitrogen and oxygen atoms in total. The molecule has 4 aromatic heterocycles. The average Bonchev–Trinajstić information content (AvgIpc) is 3.57. The van der Waals surface area contributed by atoms with Crippen molar-refractivity contribution < 1.29 is 0 Å². The van der Waals surface area contributed by atoms with Crippen LogP contribution in [-0.4, -0.2) is 29.9 Å². The summed E-state index contributed by atoms with van der Waals surface area (Å²) in [5.74, 6) is 2.53. The Labute approximate surface area is 286 Å². The van der Waals surface area contributed by atoms with Gasteiger partial charge in [-0.15, -0.1) is 11.3 Å². The van der Waals surface area contributed by atoms with E-state index in [1.54, 1.807) is 11.3 Å². The third-order valence-corrected chi connectivity index (χ3v) is 9.54. The van der Waals surface area contributed by atoms with Gasteiger partial charge in [-0.05, 0) is 29.3 Å². The van der Waals surface area contributed by atoms with Crippen molar-refractivity contribution in [2.24, 2.45) is 0 Å². The van der Waals surface area contributed by atoms with Crippen LogP contribution in [0.4, 0.5) is 0 Å². The quantitative estimate of drug-likeness (QED) is 0.179. The molecule has 9 aromatic rings. The van der Waals surface area contributed by atoms with E-state index in [9.17, 15) is 0 Å². The number of hydrogen-bond acceptors (Lipinski definition) is 7. The lowest BCUT2D eigenvalue weighted by Gasteiger charge is -2.10. The molecule has 0 radical (unpaired) electrons. The van der Waals surface area contributed by atoms with Gasteiger partial charge in [-0.3, -0.25) is 0 Å². The highest BCUT2D eigenvalue weighted by Gasteiger charge is 2.18. The first-order valence-electron chi connectivity index (χ1n) is 16.0. The second-order valence-corrected chi connectivity index (χ2v) is 12.6. The summed E-state index contributed by atoms with van der Waals surface area (Å²) in [5, 5.41) is 1.03. The Kier molecular flexibility index (Phi) is 7.22. The summed E-state index contributed by atoms with van der Waals surface area (Å²) in [4.78, 5) is 30.6. The van der Waals surface area contributed by atoms with Crippen molar-refractivity contribution in [3.63, 3.8) is 0 Å². The summed E-state index contributed by atoms with van der Waals surface area (Å²) in [6, 6.07) is 51.2. The van der Waals surface area contributed by atoms with E-state index >= 15 is 0 Å². The molecule has 0 saturated heterocycles. The van der Waals surface area contributed by atoms with Crippen LogP contribution in [0.15, 0.2) is 158 Å². The first kappa shape index (κ1) is 28.8. The largest absolute Gasteiger partial charge is 0.245 e. The minimum atomic E-state index is 0.601. The number of rotatable bonds is 6. The lowest BCUT2D eigenvalue weighted by atomic mass is 10.0. The van der Waals surface area contributed by atoms with E-state index in [0.717, 1.165) is 65.1 Å². The van der Waals surface area contributed by atoms with Crippen LogP contribution in [0.3, 0.4) is 0 Å². The van der Waals surface area contributed by atoms with Gasteiger partial charge in [0.05, 0.1) is 15.9 Å². The molecule has 0 aliphatic carbocycles. The maximum Gasteiger partial charge on any atom is 0.164 e. The second-order valence-electron chi connectivity index (χ2n) is 11.6. The fraction of sp³-hybridized carbons (Fsp3) is 0. The van der Waals surface area contributed by atoms with Crippen LogP contribution in [0.25, 0.3) is 88.4 Å². The van der Waals surface area contributed by atoms with Crippen LogP contribution < -0.4 is 0 Å². The van der Waals surface area contributed by atoms with Crippen LogP contribution >= 0.6 is 11.3 Å². The smallest absolute Gasteiger partial charge is 0.164 e. The van der Waals surface area contributed by atoms with Crippen molar-refractivity contribution in [2.75, 3.05) is 0 Å². The van der Waals surface area contributed by atoms with Gasteiger partial charge in [0.2, 0.25) is 0 Å². The third-order valence-electron chi connectivity index (χ3n) is 8.43. The zero-order valence-corrected chi connectivity index (χ0v) is 26.9. The maximum atomic E-state index is 5.11. The fourth-order valence-corrected chi connectivity index (χ4v) is 7.08. The van der Waals surface area contributed by atoms with Gasteiger partial charge in [-0.2, -0.15) is 0 Å². The van der Waals surface area contributed by atoms with Gasteiger partial charge in [0, 0.05) is 39.4 Å². The standard InChI is InChI=1S/C42H26N6S/c1-4-12-27(13-5-1)32-18-10-19-33(26-32)41-47-39(30-16-8-3-9-17-30)46-40(48-41)31-23-21-28(22-24-31)35-37-36(34-20-11-25-43-42(34)49-37)45-38(44-35)29-14-6-2-7-15-29/h1-26H. The monoisotopic (exact) mass is 646 g/mol. The number of aromatic nitrogens is 6. The SMILES string of the molecule is c1ccc(-c2cccc(-c3nc(-c4ccccc4)nc(-c4ccc(-c5nc(-c6ccccc6)nc6c5sc5ncccc56)cc4)n3)c2)cc1. The molecule has 0 fully saturated rings. The lowest BCUT2D eigenvalue weighted by molar-refractivity contribution is 1.07. The predicted octanol–water partition coefficient (Wildman–Crippen LogP) is 10.4. The molecule has 9 rings (SSSR count). The Bertz CT molecular complexity index is 2590. The van der Waals surface area contributed by atoms with E-state index < -0.39 is 0 Å². The molecule has 0 aliphatic rings. The number of benzene rings is 5. The van der Waals surface area contributed by atoms with Crippen LogP contribution in [-0.2, 0) is 0 Å². The van der Waals surface area contributed by atoms with Gasteiger partial charge < -0.3 is 0 Å². The Balaban J connectivity index is 1.16. The van der Waals surface area contributed by atoms with E-state index in [2.05, 4.69) is 59.6 Å². The molecule has 0 bridgehead atoms. The van der Waals surface area contributed by atoms with Crippen LogP contribution in [0.1, 0.15) is 0 Å². The van der Waals surface area contributed by atoms with E-state index in [1.807, 2.05) is 103 Å². The minimum Gasteiger partial charge on any atom is -0.245 e. The molecule has 0 unspecified atom stereocenters. The number of hydrogen-bond donors (Lipinski definition) is 0. The molecule has 0 amide bonds.